The standard InChI is InChI=1S/C12H24N2O2/c1-12(2,16-3)6-7-13-8-9-14-11(15)10-4-5-10/h10,13H,4-9H2,1-3H3,(H,14,15). The van der Waals surface area contributed by atoms with Gasteiger partial charge in [0.25, 0.3) is 0 Å². The summed E-state index contributed by atoms with van der Waals surface area (Å²) < 4.78 is 5.31. The molecule has 0 bridgehead atoms. The molecule has 0 aliphatic heterocycles. The van der Waals surface area contributed by atoms with Crippen molar-refractivity contribution in [2.45, 2.75) is 38.7 Å². The summed E-state index contributed by atoms with van der Waals surface area (Å²) >= 11 is 0. The number of hydrogen-bond acceptors (Lipinski definition) is 3. The number of nitrogens with one attached hydrogen (secondary N) is 2. The van der Waals surface area contributed by atoms with Gasteiger partial charge in [0.2, 0.25) is 5.91 Å². The number of rotatable bonds is 8. The maximum atomic E-state index is 11.3. The van der Waals surface area contributed by atoms with Crippen LogP contribution in [0.25, 0.3) is 0 Å². The lowest BCUT2D eigenvalue weighted by Crippen LogP contribution is -2.35. The Balaban J connectivity index is 1.89. The first-order valence-electron chi connectivity index (χ1n) is 6.09. The van der Waals surface area contributed by atoms with E-state index in [0.29, 0.717) is 5.92 Å². The lowest BCUT2D eigenvalue weighted by Gasteiger charge is -2.22. The molecule has 4 heteroatoms. The third-order valence-corrected chi connectivity index (χ3v) is 3.01. The molecule has 1 saturated carbocycles. The van der Waals surface area contributed by atoms with Gasteiger partial charge in [0, 0.05) is 26.1 Å². The van der Waals surface area contributed by atoms with Crippen molar-refractivity contribution in [3.05, 3.63) is 0 Å². The van der Waals surface area contributed by atoms with E-state index in [1.54, 1.807) is 7.11 Å². The molecule has 1 fully saturated rings. The molecule has 2 N–H and O–H groups in total. The molecule has 0 atom stereocenters. The maximum absolute atomic E-state index is 11.3. The highest BCUT2D eigenvalue weighted by Crippen LogP contribution is 2.28. The van der Waals surface area contributed by atoms with Crippen LogP contribution >= 0.6 is 0 Å². The highest BCUT2D eigenvalue weighted by molar-refractivity contribution is 5.80. The predicted octanol–water partition coefficient (Wildman–Crippen LogP) is 0.917. The van der Waals surface area contributed by atoms with Gasteiger partial charge in [0.15, 0.2) is 0 Å². The molecule has 0 saturated heterocycles. The average molecular weight is 228 g/mol. The minimum Gasteiger partial charge on any atom is -0.379 e. The van der Waals surface area contributed by atoms with E-state index in [2.05, 4.69) is 24.5 Å². The second-order valence-electron chi connectivity index (χ2n) is 5.03. The topological polar surface area (TPSA) is 50.4 Å². The van der Waals surface area contributed by atoms with Crippen molar-refractivity contribution < 1.29 is 9.53 Å². The third-order valence-electron chi connectivity index (χ3n) is 3.01. The first kappa shape index (κ1) is 13.5. The molecule has 1 rings (SSSR count). The third kappa shape index (κ3) is 5.47. The van der Waals surface area contributed by atoms with Gasteiger partial charge in [0.05, 0.1) is 5.60 Å². The van der Waals surface area contributed by atoms with Gasteiger partial charge in [-0.25, -0.2) is 0 Å². The maximum Gasteiger partial charge on any atom is 0.223 e. The first-order chi connectivity index (χ1) is 7.55. The number of carbonyl (C=O) groups is 1. The Morgan fingerprint density at radius 2 is 2.00 bits per heavy atom. The SMILES string of the molecule is COC(C)(C)CCNCCNC(=O)C1CC1. The zero-order valence-electron chi connectivity index (χ0n) is 10.6. The summed E-state index contributed by atoms with van der Waals surface area (Å²) in [5.74, 6) is 0.534. The molecule has 0 spiro atoms. The van der Waals surface area contributed by atoms with E-state index >= 15 is 0 Å². The lowest BCUT2D eigenvalue weighted by molar-refractivity contribution is -0.122. The zero-order chi connectivity index (χ0) is 12.0. The first-order valence-corrected chi connectivity index (χ1v) is 6.09. The molecule has 0 radical (unpaired) electrons. The van der Waals surface area contributed by atoms with E-state index in [-0.39, 0.29) is 11.5 Å². The lowest BCUT2D eigenvalue weighted by atomic mass is 10.1. The van der Waals surface area contributed by atoms with Crippen LogP contribution in [0.5, 0.6) is 0 Å². The summed E-state index contributed by atoms with van der Waals surface area (Å²) in [6.07, 6.45) is 3.11. The van der Waals surface area contributed by atoms with E-state index < -0.39 is 0 Å². The highest BCUT2D eigenvalue weighted by atomic mass is 16.5. The fourth-order valence-corrected chi connectivity index (χ4v) is 1.38. The molecule has 0 aromatic heterocycles. The van der Waals surface area contributed by atoms with E-state index in [0.717, 1.165) is 38.9 Å². The summed E-state index contributed by atoms with van der Waals surface area (Å²) in [4.78, 5) is 11.3. The average Bonchev–Trinajstić information content (AvgIpc) is 3.06. The number of carbonyl (C=O) groups excluding carboxylic acids is 1. The number of ether oxygens (including phenoxy) is 1. The number of amides is 1. The van der Waals surface area contributed by atoms with Crippen molar-refractivity contribution in [3.8, 4) is 0 Å². The molecular formula is C12H24N2O2. The smallest absolute Gasteiger partial charge is 0.223 e. The molecule has 0 unspecified atom stereocenters. The molecule has 4 nitrogen and oxygen atoms in total. The van der Waals surface area contributed by atoms with Gasteiger partial charge in [-0.2, -0.15) is 0 Å². The number of methoxy groups -OCH3 is 1. The fourth-order valence-electron chi connectivity index (χ4n) is 1.38. The van der Waals surface area contributed by atoms with Crippen molar-refractivity contribution in [2.24, 2.45) is 5.92 Å². The molecule has 1 aliphatic carbocycles. The van der Waals surface area contributed by atoms with Gasteiger partial charge >= 0.3 is 0 Å². The van der Waals surface area contributed by atoms with Crippen LogP contribution in [0.4, 0.5) is 0 Å². The monoisotopic (exact) mass is 228 g/mol. The molecule has 0 aromatic rings. The van der Waals surface area contributed by atoms with E-state index in [1.807, 2.05) is 0 Å². The van der Waals surface area contributed by atoms with E-state index in [4.69, 9.17) is 4.74 Å². The summed E-state index contributed by atoms with van der Waals surface area (Å²) in [6, 6.07) is 0. The minimum absolute atomic E-state index is 0.0652. The van der Waals surface area contributed by atoms with Crippen LogP contribution in [0, 0.1) is 5.92 Å². The normalized spacial score (nSPS) is 16.2. The Hall–Kier alpha value is -0.610. The van der Waals surface area contributed by atoms with Crippen LogP contribution in [0.3, 0.4) is 0 Å². The zero-order valence-corrected chi connectivity index (χ0v) is 10.6. The molecule has 0 heterocycles. The van der Waals surface area contributed by atoms with Gasteiger partial charge in [0.1, 0.15) is 0 Å². The second kappa shape index (κ2) is 6.21. The minimum atomic E-state index is -0.0652. The molecule has 94 valence electrons. The van der Waals surface area contributed by atoms with Crippen LogP contribution < -0.4 is 10.6 Å². The molecular weight excluding hydrogens is 204 g/mol. The molecule has 1 aliphatic rings. The van der Waals surface area contributed by atoms with Crippen LogP contribution in [0.15, 0.2) is 0 Å². The van der Waals surface area contributed by atoms with Crippen LogP contribution in [-0.4, -0.2) is 38.3 Å². The Morgan fingerprint density at radius 1 is 1.31 bits per heavy atom. The largest absolute Gasteiger partial charge is 0.379 e. The van der Waals surface area contributed by atoms with E-state index in [9.17, 15) is 4.79 Å². The summed E-state index contributed by atoms with van der Waals surface area (Å²) in [5.41, 5.74) is -0.0652. The van der Waals surface area contributed by atoms with E-state index in [1.165, 1.54) is 0 Å². The molecule has 0 aromatic carbocycles. The Kier molecular flexibility index (Phi) is 5.22. The van der Waals surface area contributed by atoms with Crippen molar-refractivity contribution in [1.82, 2.24) is 10.6 Å². The Labute approximate surface area is 98.1 Å². The predicted molar refractivity (Wildman–Crippen MR) is 64.3 cm³/mol. The quantitative estimate of drug-likeness (QED) is 0.607. The van der Waals surface area contributed by atoms with Crippen molar-refractivity contribution >= 4 is 5.91 Å². The molecule has 1 amide bonds. The van der Waals surface area contributed by atoms with Gasteiger partial charge < -0.3 is 15.4 Å². The second-order valence-corrected chi connectivity index (χ2v) is 5.03. The summed E-state index contributed by atoms with van der Waals surface area (Å²) in [6.45, 7) is 6.62. The number of hydrogen-bond donors (Lipinski definition) is 2. The van der Waals surface area contributed by atoms with Gasteiger partial charge in [-0.15, -0.1) is 0 Å². The van der Waals surface area contributed by atoms with Crippen molar-refractivity contribution in [1.29, 1.82) is 0 Å². The van der Waals surface area contributed by atoms with Crippen LogP contribution in [0.2, 0.25) is 0 Å². The van der Waals surface area contributed by atoms with Crippen LogP contribution in [-0.2, 0) is 9.53 Å². The Bertz CT molecular complexity index is 225. The summed E-state index contributed by atoms with van der Waals surface area (Å²) in [7, 11) is 1.73. The van der Waals surface area contributed by atoms with Crippen LogP contribution in [0.1, 0.15) is 33.1 Å². The summed E-state index contributed by atoms with van der Waals surface area (Å²) in [5, 5.41) is 6.22. The van der Waals surface area contributed by atoms with Gasteiger partial charge in [-0.1, -0.05) is 0 Å². The van der Waals surface area contributed by atoms with Gasteiger partial charge in [-0.3, -0.25) is 4.79 Å². The highest BCUT2D eigenvalue weighted by Gasteiger charge is 2.28. The molecule has 16 heavy (non-hydrogen) atoms. The van der Waals surface area contributed by atoms with Crippen molar-refractivity contribution in [2.75, 3.05) is 26.7 Å². The van der Waals surface area contributed by atoms with Crippen molar-refractivity contribution in [3.63, 3.8) is 0 Å². The fraction of sp³-hybridized carbons (Fsp3) is 0.917. The van der Waals surface area contributed by atoms with Gasteiger partial charge in [-0.05, 0) is 39.7 Å². The Morgan fingerprint density at radius 3 is 2.56 bits per heavy atom.